The van der Waals surface area contributed by atoms with Gasteiger partial charge in [-0.15, -0.1) is 0 Å². The maximum absolute atomic E-state index is 5.74. The Morgan fingerprint density at radius 1 is 1.04 bits per heavy atom. The van der Waals surface area contributed by atoms with E-state index in [0.29, 0.717) is 5.92 Å². The summed E-state index contributed by atoms with van der Waals surface area (Å²) in [5.74, 6) is 2.00. The number of methoxy groups -OCH3 is 2. The molecule has 4 heteroatoms. The maximum Gasteiger partial charge on any atom is 0.161 e. The lowest BCUT2D eigenvalue weighted by Crippen LogP contribution is -1.99. The molecular formula is C24H32N2O2. The van der Waals surface area contributed by atoms with Gasteiger partial charge in [-0.05, 0) is 67.5 Å². The molecule has 1 unspecified atom stereocenters. The van der Waals surface area contributed by atoms with Crippen molar-refractivity contribution in [2.24, 2.45) is 5.73 Å². The number of aryl methyl sites for hydroxylation is 1. The van der Waals surface area contributed by atoms with E-state index in [1.54, 1.807) is 14.2 Å². The molecule has 3 rings (SSSR count). The fraction of sp³-hybridized carbons (Fsp3) is 0.417. The van der Waals surface area contributed by atoms with Gasteiger partial charge < -0.3 is 20.2 Å². The second kappa shape index (κ2) is 9.16. The quantitative estimate of drug-likeness (QED) is 0.472. The minimum atomic E-state index is 0.512. The minimum Gasteiger partial charge on any atom is -0.493 e. The second-order valence-corrected chi connectivity index (χ2v) is 7.37. The third kappa shape index (κ3) is 3.88. The summed E-state index contributed by atoms with van der Waals surface area (Å²) in [7, 11) is 3.34. The molecule has 0 aliphatic heterocycles. The number of H-pyrrole nitrogens is 1. The molecule has 0 spiro atoms. The topological polar surface area (TPSA) is 60.3 Å². The van der Waals surface area contributed by atoms with E-state index in [0.717, 1.165) is 49.3 Å². The van der Waals surface area contributed by atoms with Crippen molar-refractivity contribution in [1.82, 2.24) is 4.98 Å². The van der Waals surface area contributed by atoms with Crippen LogP contribution in [-0.4, -0.2) is 25.7 Å². The van der Waals surface area contributed by atoms with Crippen molar-refractivity contribution in [3.63, 3.8) is 0 Å². The van der Waals surface area contributed by atoms with Crippen molar-refractivity contribution >= 4 is 10.9 Å². The molecule has 0 amide bonds. The number of aromatic nitrogens is 1. The SMILES string of the molecule is CCC(C)c1cccc2c(CCCCN)c(-c3ccc(OC)c(OC)c3)[nH]c12. The summed E-state index contributed by atoms with van der Waals surface area (Å²) in [5.41, 5.74) is 12.0. The average molecular weight is 381 g/mol. The molecule has 0 fully saturated rings. The molecule has 150 valence electrons. The summed E-state index contributed by atoms with van der Waals surface area (Å²) in [5, 5.41) is 1.32. The van der Waals surface area contributed by atoms with E-state index in [9.17, 15) is 0 Å². The number of hydrogen-bond acceptors (Lipinski definition) is 3. The maximum atomic E-state index is 5.74. The zero-order chi connectivity index (χ0) is 20.1. The van der Waals surface area contributed by atoms with E-state index >= 15 is 0 Å². The van der Waals surface area contributed by atoms with Gasteiger partial charge in [-0.1, -0.05) is 32.0 Å². The van der Waals surface area contributed by atoms with Crippen LogP contribution in [0.5, 0.6) is 11.5 Å². The molecule has 0 bridgehead atoms. The van der Waals surface area contributed by atoms with Crippen molar-refractivity contribution in [3.05, 3.63) is 47.5 Å². The van der Waals surface area contributed by atoms with Crippen molar-refractivity contribution in [2.75, 3.05) is 20.8 Å². The van der Waals surface area contributed by atoms with Crippen molar-refractivity contribution in [1.29, 1.82) is 0 Å². The molecule has 0 saturated carbocycles. The molecule has 4 nitrogen and oxygen atoms in total. The molecule has 0 radical (unpaired) electrons. The largest absolute Gasteiger partial charge is 0.493 e. The van der Waals surface area contributed by atoms with Crippen LogP contribution in [-0.2, 0) is 6.42 Å². The Hall–Kier alpha value is -2.46. The van der Waals surface area contributed by atoms with Gasteiger partial charge in [0, 0.05) is 22.2 Å². The van der Waals surface area contributed by atoms with Crippen molar-refractivity contribution in [3.8, 4) is 22.8 Å². The fourth-order valence-electron chi connectivity index (χ4n) is 3.87. The fourth-order valence-corrected chi connectivity index (χ4v) is 3.87. The molecule has 2 aromatic carbocycles. The summed E-state index contributed by atoms with van der Waals surface area (Å²) >= 11 is 0. The van der Waals surface area contributed by atoms with Crippen LogP contribution in [0.4, 0.5) is 0 Å². The normalized spacial score (nSPS) is 12.3. The van der Waals surface area contributed by atoms with Gasteiger partial charge in [0.1, 0.15) is 0 Å². The molecule has 0 aliphatic carbocycles. The predicted octanol–water partition coefficient (Wildman–Crippen LogP) is 5.65. The van der Waals surface area contributed by atoms with Crippen LogP contribution in [0.1, 0.15) is 50.2 Å². The van der Waals surface area contributed by atoms with E-state index in [1.807, 2.05) is 6.07 Å². The summed E-state index contributed by atoms with van der Waals surface area (Å²) in [6.45, 7) is 5.26. The van der Waals surface area contributed by atoms with E-state index in [2.05, 4.69) is 49.2 Å². The highest BCUT2D eigenvalue weighted by atomic mass is 16.5. The molecule has 1 aromatic heterocycles. The highest BCUT2D eigenvalue weighted by molar-refractivity contribution is 5.93. The Bertz CT molecular complexity index is 930. The van der Waals surface area contributed by atoms with Crippen LogP contribution >= 0.6 is 0 Å². The standard InChI is InChI=1S/C24H32N2O2/c1-5-16(2)18-10-8-11-20-19(9-6-7-14-25)23(26-24(18)20)17-12-13-21(27-3)22(15-17)28-4/h8,10-13,15-16,26H,5-7,9,14,25H2,1-4H3. The van der Waals surface area contributed by atoms with Crippen LogP contribution in [0.15, 0.2) is 36.4 Å². The molecule has 3 aromatic rings. The number of ether oxygens (including phenoxy) is 2. The van der Waals surface area contributed by atoms with Crippen LogP contribution in [0.2, 0.25) is 0 Å². The van der Waals surface area contributed by atoms with Crippen LogP contribution in [0.3, 0.4) is 0 Å². The Morgan fingerprint density at radius 2 is 1.82 bits per heavy atom. The second-order valence-electron chi connectivity index (χ2n) is 7.37. The molecule has 0 aliphatic rings. The van der Waals surface area contributed by atoms with Gasteiger partial charge in [-0.3, -0.25) is 0 Å². The lowest BCUT2D eigenvalue weighted by molar-refractivity contribution is 0.355. The first-order chi connectivity index (χ1) is 13.6. The zero-order valence-corrected chi connectivity index (χ0v) is 17.5. The average Bonchev–Trinajstić information content (AvgIpc) is 3.11. The predicted molar refractivity (Wildman–Crippen MR) is 118 cm³/mol. The van der Waals surface area contributed by atoms with Gasteiger partial charge in [0.15, 0.2) is 11.5 Å². The Morgan fingerprint density at radius 3 is 2.50 bits per heavy atom. The number of aromatic amines is 1. The molecule has 1 atom stereocenters. The van der Waals surface area contributed by atoms with Crippen molar-refractivity contribution in [2.45, 2.75) is 45.4 Å². The number of hydrogen-bond donors (Lipinski definition) is 2. The van der Waals surface area contributed by atoms with Gasteiger partial charge in [0.2, 0.25) is 0 Å². The van der Waals surface area contributed by atoms with Gasteiger partial charge in [0.05, 0.1) is 14.2 Å². The number of benzene rings is 2. The third-order valence-electron chi connectivity index (χ3n) is 5.67. The molecule has 28 heavy (non-hydrogen) atoms. The molecular weight excluding hydrogens is 348 g/mol. The van der Waals surface area contributed by atoms with Crippen LogP contribution in [0, 0.1) is 0 Å². The highest BCUT2D eigenvalue weighted by Crippen LogP contribution is 2.38. The summed E-state index contributed by atoms with van der Waals surface area (Å²) in [6, 6.07) is 12.8. The number of rotatable bonds is 9. The van der Waals surface area contributed by atoms with E-state index in [1.165, 1.54) is 27.7 Å². The van der Waals surface area contributed by atoms with Crippen LogP contribution < -0.4 is 15.2 Å². The highest BCUT2D eigenvalue weighted by Gasteiger charge is 2.18. The molecule has 1 heterocycles. The van der Waals surface area contributed by atoms with Gasteiger partial charge in [0.25, 0.3) is 0 Å². The number of fused-ring (bicyclic) bond motifs is 1. The molecule has 3 N–H and O–H groups in total. The zero-order valence-electron chi connectivity index (χ0n) is 17.5. The molecule has 0 saturated heterocycles. The summed E-state index contributed by atoms with van der Waals surface area (Å²) < 4.78 is 10.9. The first-order valence-electron chi connectivity index (χ1n) is 10.2. The minimum absolute atomic E-state index is 0.512. The van der Waals surface area contributed by atoms with Gasteiger partial charge in [-0.25, -0.2) is 0 Å². The Labute approximate surface area is 168 Å². The van der Waals surface area contributed by atoms with Gasteiger partial charge >= 0.3 is 0 Å². The van der Waals surface area contributed by atoms with E-state index < -0.39 is 0 Å². The summed E-state index contributed by atoms with van der Waals surface area (Å²) in [6.07, 6.45) is 4.23. The number of unbranched alkanes of at least 4 members (excludes halogenated alkanes) is 1. The summed E-state index contributed by atoms with van der Waals surface area (Å²) in [4.78, 5) is 3.75. The number of nitrogens with two attached hydrogens (primary N) is 1. The monoisotopic (exact) mass is 380 g/mol. The Balaban J connectivity index is 2.18. The number of para-hydroxylation sites is 1. The first-order valence-corrected chi connectivity index (χ1v) is 10.2. The lowest BCUT2D eigenvalue weighted by atomic mass is 9.94. The van der Waals surface area contributed by atoms with Crippen molar-refractivity contribution < 1.29 is 9.47 Å². The first kappa shape index (κ1) is 20.3. The third-order valence-corrected chi connectivity index (χ3v) is 5.67. The smallest absolute Gasteiger partial charge is 0.161 e. The van der Waals surface area contributed by atoms with E-state index in [4.69, 9.17) is 15.2 Å². The van der Waals surface area contributed by atoms with E-state index in [-0.39, 0.29) is 0 Å². The number of nitrogens with one attached hydrogen (secondary N) is 1. The Kier molecular flexibility index (Phi) is 6.63. The lowest BCUT2D eigenvalue weighted by Gasteiger charge is -2.10. The van der Waals surface area contributed by atoms with Crippen LogP contribution in [0.25, 0.3) is 22.2 Å². The van der Waals surface area contributed by atoms with Gasteiger partial charge in [-0.2, -0.15) is 0 Å².